The lowest BCUT2D eigenvalue weighted by atomic mass is 9.86. The van der Waals surface area contributed by atoms with Crippen molar-refractivity contribution in [3.05, 3.63) is 41.6 Å². The third-order valence-corrected chi connectivity index (χ3v) is 6.43. The first kappa shape index (κ1) is 23.8. The van der Waals surface area contributed by atoms with Crippen LogP contribution in [0.5, 0.6) is 0 Å². The number of anilines is 2. The van der Waals surface area contributed by atoms with Gasteiger partial charge in [-0.3, -0.25) is 4.79 Å². The highest BCUT2D eigenvalue weighted by Crippen LogP contribution is 2.45. The number of hydrogen-bond donors (Lipinski definition) is 2. The smallest absolute Gasteiger partial charge is 0.384 e. The first-order valence-corrected chi connectivity index (χ1v) is 11.2. The number of nitrogens with two attached hydrogens (primary N) is 1. The first-order valence-electron chi connectivity index (χ1n) is 9.67. The molecule has 0 aromatic carbocycles. The van der Waals surface area contributed by atoms with E-state index in [1.807, 2.05) is 27.7 Å². The molecule has 1 aliphatic rings. The fourth-order valence-electron chi connectivity index (χ4n) is 4.25. The third-order valence-electron chi connectivity index (χ3n) is 5.19. The van der Waals surface area contributed by atoms with Crippen LogP contribution in [0.4, 0.5) is 24.8 Å². The molecule has 1 amide bonds. The van der Waals surface area contributed by atoms with Gasteiger partial charge in [-0.05, 0) is 43.9 Å². The van der Waals surface area contributed by atoms with E-state index in [9.17, 15) is 26.4 Å². The zero-order valence-electron chi connectivity index (χ0n) is 18.0. The van der Waals surface area contributed by atoms with Gasteiger partial charge in [0.1, 0.15) is 11.6 Å². The van der Waals surface area contributed by atoms with E-state index in [4.69, 9.17) is 5.73 Å². The van der Waals surface area contributed by atoms with Crippen LogP contribution in [-0.2, 0) is 16.2 Å². The van der Waals surface area contributed by atoms with Gasteiger partial charge < -0.3 is 10.6 Å². The highest BCUT2D eigenvalue weighted by atomic mass is 32.2. The second-order valence-corrected chi connectivity index (χ2v) is 10.8. The summed E-state index contributed by atoms with van der Waals surface area (Å²) in [7, 11) is -4.59. The minimum atomic E-state index is -4.91. The second-order valence-electron chi connectivity index (χ2n) is 9.13. The molecule has 3 rings (SSSR count). The number of pyridine rings is 2. The van der Waals surface area contributed by atoms with Gasteiger partial charge in [-0.25, -0.2) is 14.7 Å². The number of alkyl halides is 3. The van der Waals surface area contributed by atoms with E-state index in [0.29, 0.717) is 19.0 Å². The van der Waals surface area contributed by atoms with E-state index in [2.05, 4.69) is 9.97 Å². The topological polar surface area (TPSA) is 118 Å². The molecule has 0 unspecified atom stereocenters. The molecule has 1 aliphatic heterocycles. The number of nitrogens with zero attached hydrogens (tertiary/aromatic N) is 3. The molecular formula is C20H24F3N5O3S. The van der Waals surface area contributed by atoms with Crippen molar-refractivity contribution < 1.29 is 26.4 Å². The lowest BCUT2D eigenvalue weighted by Gasteiger charge is -2.34. The Morgan fingerprint density at radius 2 is 1.84 bits per heavy atom. The summed E-state index contributed by atoms with van der Waals surface area (Å²) in [5, 5.41) is -0.590. The Morgan fingerprint density at radius 3 is 2.38 bits per heavy atom. The molecule has 12 heteroatoms. The molecule has 32 heavy (non-hydrogen) atoms. The number of amides is 1. The van der Waals surface area contributed by atoms with Gasteiger partial charge in [-0.2, -0.15) is 21.6 Å². The molecule has 3 heterocycles. The Bertz CT molecular complexity index is 1160. The highest BCUT2D eigenvalue weighted by Gasteiger charge is 2.47. The van der Waals surface area contributed by atoms with Gasteiger partial charge >= 0.3 is 6.18 Å². The van der Waals surface area contributed by atoms with E-state index in [0.717, 1.165) is 12.3 Å². The molecule has 2 aromatic rings. The summed E-state index contributed by atoms with van der Waals surface area (Å²) in [6.45, 7) is 7.91. The van der Waals surface area contributed by atoms with Gasteiger partial charge in [0.2, 0.25) is 0 Å². The number of halogens is 3. The molecule has 0 radical (unpaired) electrons. The predicted molar refractivity (Wildman–Crippen MR) is 112 cm³/mol. The van der Waals surface area contributed by atoms with Crippen molar-refractivity contribution in [2.45, 2.75) is 50.9 Å². The Balaban J connectivity index is 2.13. The number of nitrogens with one attached hydrogen (secondary N) is 1. The molecule has 0 saturated carbocycles. The maximum absolute atomic E-state index is 13.8. The van der Waals surface area contributed by atoms with Crippen LogP contribution >= 0.6 is 0 Å². The molecule has 174 valence electrons. The van der Waals surface area contributed by atoms with E-state index in [-0.39, 0.29) is 17.1 Å². The minimum Gasteiger partial charge on any atom is -0.384 e. The summed E-state index contributed by atoms with van der Waals surface area (Å²) >= 11 is 0. The molecule has 3 N–H and O–H groups in total. The van der Waals surface area contributed by atoms with Crippen molar-refractivity contribution in [3.8, 4) is 0 Å². The van der Waals surface area contributed by atoms with Gasteiger partial charge in [-0.15, -0.1) is 0 Å². The average molecular weight is 472 g/mol. The minimum absolute atomic E-state index is 0.126. The van der Waals surface area contributed by atoms with Crippen molar-refractivity contribution in [1.82, 2.24) is 14.7 Å². The lowest BCUT2D eigenvalue weighted by Crippen LogP contribution is -2.41. The quantitative estimate of drug-likeness (QED) is 0.703. The maximum atomic E-state index is 13.8. The van der Waals surface area contributed by atoms with Crippen LogP contribution in [0.15, 0.2) is 35.5 Å². The summed E-state index contributed by atoms with van der Waals surface area (Å²) < 4.78 is 68.4. The second kappa shape index (κ2) is 7.61. The van der Waals surface area contributed by atoms with Gasteiger partial charge in [0.05, 0.1) is 11.1 Å². The van der Waals surface area contributed by atoms with E-state index < -0.39 is 43.8 Å². The van der Waals surface area contributed by atoms with Gasteiger partial charge in [0, 0.05) is 18.3 Å². The molecule has 0 bridgehead atoms. The molecule has 2 aromatic heterocycles. The number of carbonyl (C=O) groups excluding carboxylic acids is 1. The summed E-state index contributed by atoms with van der Waals surface area (Å²) in [4.78, 5) is 22.3. The van der Waals surface area contributed by atoms with Crippen LogP contribution in [0.25, 0.3) is 0 Å². The number of nitrogen functional groups attached to an aromatic ring is 1. The van der Waals surface area contributed by atoms with Crippen LogP contribution in [-0.4, -0.2) is 36.4 Å². The van der Waals surface area contributed by atoms with Crippen molar-refractivity contribution in [2.75, 3.05) is 17.2 Å². The van der Waals surface area contributed by atoms with Crippen molar-refractivity contribution in [1.29, 1.82) is 0 Å². The van der Waals surface area contributed by atoms with Crippen LogP contribution in [0.2, 0.25) is 0 Å². The van der Waals surface area contributed by atoms with Crippen LogP contribution in [0.3, 0.4) is 0 Å². The highest BCUT2D eigenvalue weighted by molar-refractivity contribution is 7.90. The molecule has 0 spiro atoms. The number of sulfonamides is 1. The van der Waals surface area contributed by atoms with Gasteiger partial charge in [-0.1, -0.05) is 19.9 Å². The zero-order valence-corrected chi connectivity index (χ0v) is 18.8. The van der Waals surface area contributed by atoms with Crippen molar-refractivity contribution in [3.63, 3.8) is 0 Å². The Morgan fingerprint density at radius 1 is 1.19 bits per heavy atom. The Kier molecular flexibility index (Phi) is 5.65. The standard InChI is InChI=1S/C20H24F3N5O3S/c1-18(2)10-19(3,4)28(11-18)16-15(12(8-9-25-16)20(21,22)23)17(29)27-32(30,31)14-7-5-6-13(24)26-14/h5-9H,10-11H2,1-4H3,(H2,24,26)(H,27,29). The van der Waals surface area contributed by atoms with Crippen LogP contribution in [0.1, 0.15) is 50.0 Å². The number of hydrogen-bond acceptors (Lipinski definition) is 7. The number of carbonyl (C=O) groups is 1. The van der Waals surface area contributed by atoms with Crippen LogP contribution in [0, 0.1) is 5.41 Å². The Hall–Kier alpha value is -2.89. The summed E-state index contributed by atoms with van der Waals surface area (Å²) in [6.07, 6.45) is -3.32. The number of aromatic nitrogens is 2. The van der Waals surface area contributed by atoms with E-state index in [1.54, 1.807) is 9.62 Å². The fraction of sp³-hybridized carbons (Fsp3) is 0.450. The molecule has 0 aliphatic carbocycles. The predicted octanol–water partition coefficient (Wildman–Crippen LogP) is 3.21. The SMILES string of the molecule is CC1(C)CN(c2nccc(C(F)(F)F)c2C(=O)NS(=O)(=O)c2cccc(N)n2)C(C)(C)C1. The monoisotopic (exact) mass is 471 g/mol. The largest absolute Gasteiger partial charge is 0.417 e. The molecular weight excluding hydrogens is 447 g/mol. The first-order chi connectivity index (χ1) is 14.5. The number of rotatable bonds is 4. The average Bonchev–Trinajstić information content (AvgIpc) is 2.87. The molecule has 1 saturated heterocycles. The summed E-state index contributed by atoms with van der Waals surface area (Å²) in [5.41, 5.74) is 2.46. The normalized spacial score (nSPS) is 17.9. The summed E-state index contributed by atoms with van der Waals surface area (Å²) in [5.74, 6) is -1.81. The van der Waals surface area contributed by atoms with Crippen LogP contribution < -0.4 is 15.4 Å². The lowest BCUT2D eigenvalue weighted by molar-refractivity contribution is -0.138. The van der Waals surface area contributed by atoms with Crippen molar-refractivity contribution >= 4 is 27.6 Å². The summed E-state index contributed by atoms with van der Waals surface area (Å²) in [6, 6.07) is 4.36. The molecule has 0 atom stereocenters. The Labute approximate surface area is 184 Å². The van der Waals surface area contributed by atoms with E-state index in [1.165, 1.54) is 12.1 Å². The third kappa shape index (κ3) is 4.64. The fourth-order valence-corrected chi connectivity index (χ4v) is 5.18. The van der Waals surface area contributed by atoms with Crippen molar-refractivity contribution in [2.24, 2.45) is 5.41 Å². The zero-order chi connectivity index (χ0) is 24.1. The van der Waals surface area contributed by atoms with Gasteiger partial charge in [0.25, 0.3) is 15.9 Å². The molecule has 1 fully saturated rings. The van der Waals surface area contributed by atoms with E-state index >= 15 is 0 Å². The van der Waals surface area contributed by atoms with Gasteiger partial charge in [0.15, 0.2) is 5.03 Å². The maximum Gasteiger partial charge on any atom is 0.417 e. The molecule has 8 nitrogen and oxygen atoms in total.